The molecular weight excluding hydrogens is 274 g/mol. The molecule has 4 heteroatoms. The Kier molecular flexibility index (Phi) is 4.37. The molecule has 0 spiro atoms. The fourth-order valence-electron chi connectivity index (χ4n) is 3.14. The Labute approximate surface area is 131 Å². The maximum absolute atomic E-state index is 11.4. The van der Waals surface area contributed by atoms with Crippen molar-refractivity contribution in [1.29, 1.82) is 0 Å². The maximum atomic E-state index is 11.4. The van der Waals surface area contributed by atoms with Gasteiger partial charge in [0, 0.05) is 31.0 Å². The first-order valence-corrected chi connectivity index (χ1v) is 7.76. The number of pyridine rings is 1. The average molecular weight is 295 g/mol. The van der Waals surface area contributed by atoms with Crippen molar-refractivity contribution in [3.63, 3.8) is 0 Å². The SMILES string of the molecule is CN(c1ccccc1)c1ncccc1[C@H]1CCCCN1C=O. The van der Waals surface area contributed by atoms with Gasteiger partial charge in [-0.15, -0.1) is 0 Å². The van der Waals surface area contributed by atoms with E-state index < -0.39 is 0 Å². The van der Waals surface area contributed by atoms with E-state index in [9.17, 15) is 4.79 Å². The van der Waals surface area contributed by atoms with Crippen LogP contribution in [0.4, 0.5) is 11.5 Å². The molecule has 1 aromatic carbocycles. The minimum Gasteiger partial charge on any atom is -0.338 e. The van der Waals surface area contributed by atoms with Gasteiger partial charge in [-0.05, 0) is 37.5 Å². The number of benzene rings is 1. The molecule has 0 bridgehead atoms. The molecule has 2 aromatic rings. The third kappa shape index (κ3) is 2.82. The number of rotatable bonds is 4. The third-order valence-corrected chi connectivity index (χ3v) is 4.32. The van der Waals surface area contributed by atoms with Gasteiger partial charge in [-0.25, -0.2) is 4.98 Å². The zero-order valence-corrected chi connectivity index (χ0v) is 12.9. The lowest BCUT2D eigenvalue weighted by Crippen LogP contribution is -2.33. The summed E-state index contributed by atoms with van der Waals surface area (Å²) in [4.78, 5) is 20.0. The van der Waals surface area contributed by atoms with E-state index in [-0.39, 0.29) is 6.04 Å². The van der Waals surface area contributed by atoms with Crippen LogP contribution in [0.25, 0.3) is 0 Å². The second-order valence-corrected chi connectivity index (χ2v) is 5.67. The standard InChI is InChI=1S/C18H21N3O/c1-20(15-8-3-2-4-9-15)18-16(10-7-12-19-18)17-11-5-6-13-21(17)14-22/h2-4,7-10,12,14,17H,5-6,11,13H2,1H3/t17-/m1/s1. The summed E-state index contributed by atoms with van der Waals surface area (Å²) in [6, 6.07) is 14.4. The molecule has 1 aromatic heterocycles. The number of nitrogens with zero attached hydrogens (tertiary/aromatic N) is 3. The quantitative estimate of drug-likeness (QED) is 0.810. The largest absolute Gasteiger partial charge is 0.338 e. The Bertz CT molecular complexity index is 629. The second kappa shape index (κ2) is 6.60. The number of piperidine rings is 1. The van der Waals surface area contributed by atoms with Crippen molar-refractivity contribution >= 4 is 17.9 Å². The normalized spacial score (nSPS) is 18.0. The molecular formula is C18H21N3O. The van der Waals surface area contributed by atoms with E-state index in [4.69, 9.17) is 0 Å². The molecule has 1 aliphatic rings. The molecule has 0 aliphatic carbocycles. The average Bonchev–Trinajstić information content (AvgIpc) is 2.62. The molecule has 1 amide bonds. The van der Waals surface area contributed by atoms with Crippen LogP contribution in [0.2, 0.25) is 0 Å². The summed E-state index contributed by atoms with van der Waals surface area (Å²) in [7, 11) is 2.02. The summed E-state index contributed by atoms with van der Waals surface area (Å²) < 4.78 is 0. The number of anilines is 2. The molecule has 0 unspecified atom stereocenters. The van der Waals surface area contributed by atoms with Gasteiger partial charge in [0.25, 0.3) is 0 Å². The van der Waals surface area contributed by atoms with Gasteiger partial charge in [0.15, 0.2) is 0 Å². The zero-order valence-electron chi connectivity index (χ0n) is 12.9. The Morgan fingerprint density at radius 3 is 2.77 bits per heavy atom. The van der Waals surface area contributed by atoms with Crippen molar-refractivity contribution < 1.29 is 4.79 Å². The zero-order chi connectivity index (χ0) is 15.4. The Morgan fingerprint density at radius 2 is 2.00 bits per heavy atom. The van der Waals surface area contributed by atoms with Crippen molar-refractivity contribution in [2.45, 2.75) is 25.3 Å². The van der Waals surface area contributed by atoms with Gasteiger partial charge < -0.3 is 9.80 Å². The summed E-state index contributed by atoms with van der Waals surface area (Å²) in [6.45, 7) is 0.831. The number of likely N-dealkylation sites (tertiary alicyclic amines) is 1. The smallest absolute Gasteiger partial charge is 0.210 e. The van der Waals surface area contributed by atoms with Crippen LogP contribution in [0.3, 0.4) is 0 Å². The highest BCUT2D eigenvalue weighted by Crippen LogP contribution is 2.36. The first-order valence-electron chi connectivity index (χ1n) is 7.76. The Morgan fingerprint density at radius 1 is 1.18 bits per heavy atom. The van der Waals surface area contributed by atoms with Gasteiger partial charge in [-0.3, -0.25) is 4.79 Å². The number of hydrogen-bond acceptors (Lipinski definition) is 3. The second-order valence-electron chi connectivity index (χ2n) is 5.67. The molecule has 1 aliphatic heterocycles. The Balaban J connectivity index is 1.97. The van der Waals surface area contributed by atoms with Crippen LogP contribution in [0.1, 0.15) is 30.9 Å². The number of para-hydroxylation sites is 1. The molecule has 3 rings (SSSR count). The van der Waals surface area contributed by atoms with Gasteiger partial charge in [0.2, 0.25) is 6.41 Å². The predicted octanol–water partition coefficient (Wildman–Crippen LogP) is 3.53. The predicted molar refractivity (Wildman–Crippen MR) is 88.1 cm³/mol. The van der Waals surface area contributed by atoms with Crippen LogP contribution in [0.5, 0.6) is 0 Å². The van der Waals surface area contributed by atoms with Crippen LogP contribution in [0.15, 0.2) is 48.7 Å². The minimum atomic E-state index is 0.126. The molecule has 1 atom stereocenters. The number of carbonyl (C=O) groups excluding carboxylic acids is 1. The van der Waals surface area contributed by atoms with Crippen molar-refractivity contribution in [3.8, 4) is 0 Å². The summed E-state index contributed by atoms with van der Waals surface area (Å²) in [5, 5.41) is 0. The van der Waals surface area contributed by atoms with E-state index in [1.807, 2.05) is 42.4 Å². The van der Waals surface area contributed by atoms with Crippen molar-refractivity contribution in [1.82, 2.24) is 9.88 Å². The summed E-state index contributed by atoms with van der Waals surface area (Å²) in [6.07, 6.45) is 6.02. The lowest BCUT2D eigenvalue weighted by Gasteiger charge is -2.35. The summed E-state index contributed by atoms with van der Waals surface area (Å²) in [5.41, 5.74) is 2.22. The fraction of sp³-hybridized carbons (Fsp3) is 0.333. The summed E-state index contributed by atoms with van der Waals surface area (Å²) in [5.74, 6) is 0.924. The van der Waals surface area contributed by atoms with Gasteiger partial charge in [-0.1, -0.05) is 24.3 Å². The molecule has 22 heavy (non-hydrogen) atoms. The highest BCUT2D eigenvalue weighted by Gasteiger charge is 2.26. The van der Waals surface area contributed by atoms with Crippen LogP contribution in [-0.4, -0.2) is 29.9 Å². The van der Waals surface area contributed by atoms with Gasteiger partial charge in [0.05, 0.1) is 6.04 Å². The molecule has 4 nitrogen and oxygen atoms in total. The van der Waals surface area contributed by atoms with Crippen molar-refractivity contribution in [2.24, 2.45) is 0 Å². The molecule has 1 fully saturated rings. The van der Waals surface area contributed by atoms with Crippen LogP contribution >= 0.6 is 0 Å². The van der Waals surface area contributed by atoms with Gasteiger partial charge in [-0.2, -0.15) is 0 Å². The number of amides is 1. The van der Waals surface area contributed by atoms with E-state index in [1.54, 1.807) is 0 Å². The summed E-state index contributed by atoms with van der Waals surface area (Å²) >= 11 is 0. The van der Waals surface area contributed by atoms with E-state index >= 15 is 0 Å². The molecule has 114 valence electrons. The number of carbonyl (C=O) groups is 1. The number of aromatic nitrogens is 1. The van der Waals surface area contributed by atoms with E-state index in [1.165, 1.54) is 0 Å². The van der Waals surface area contributed by atoms with Gasteiger partial charge >= 0.3 is 0 Å². The fourth-order valence-corrected chi connectivity index (χ4v) is 3.14. The Hall–Kier alpha value is -2.36. The first-order chi connectivity index (χ1) is 10.8. The maximum Gasteiger partial charge on any atom is 0.210 e. The lowest BCUT2D eigenvalue weighted by atomic mass is 9.96. The van der Waals surface area contributed by atoms with Crippen LogP contribution in [-0.2, 0) is 4.79 Å². The first kappa shape index (κ1) is 14.6. The van der Waals surface area contributed by atoms with Crippen LogP contribution < -0.4 is 4.90 Å². The third-order valence-electron chi connectivity index (χ3n) is 4.32. The van der Waals surface area contributed by atoms with E-state index in [0.717, 1.165) is 49.3 Å². The monoisotopic (exact) mass is 295 g/mol. The number of hydrogen-bond donors (Lipinski definition) is 0. The highest BCUT2D eigenvalue weighted by atomic mass is 16.1. The lowest BCUT2D eigenvalue weighted by molar-refractivity contribution is -0.121. The van der Waals surface area contributed by atoms with Crippen LogP contribution in [0, 0.1) is 0 Å². The molecule has 0 N–H and O–H groups in total. The van der Waals surface area contributed by atoms with E-state index in [0.29, 0.717) is 0 Å². The molecule has 0 radical (unpaired) electrons. The minimum absolute atomic E-state index is 0.126. The van der Waals surface area contributed by atoms with E-state index in [2.05, 4.69) is 28.1 Å². The molecule has 1 saturated heterocycles. The van der Waals surface area contributed by atoms with Crippen molar-refractivity contribution in [3.05, 3.63) is 54.2 Å². The molecule has 2 heterocycles. The topological polar surface area (TPSA) is 36.4 Å². The molecule has 0 saturated carbocycles. The van der Waals surface area contributed by atoms with Gasteiger partial charge in [0.1, 0.15) is 5.82 Å². The van der Waals surface area contributed by atoms with Crippen molar-refractivity contribution in [2.75, 3.05) is 18.5 Å². The highest BCUT2D eigenvalue weighted by molar-refractivity contribution is 5.63.